The van der Waals surface area contributed by atoms with Crippen molar-refractivity contribution in [1.29, 1.82) is 0 Å². The van der Waals surface area contributed by atoms with E-state index in [9.17, 15) is 0 Å². The van der Waals surface area contributed by atoms with Gasteiger partial charge in [0.2, 0.25) is 0 Å². The third kappa shape index (κ3) is 6.10. The molecule has 0 amide bonds. The molecule has 0 N–H and O–H groups in total. The van der Waals surface area contributed by atoms with Gasteiger partial charge in [-0.1, -0.05) is 18.2 Å². The molecule has 0 saturated carbocycles. The second-order valence-corrected chi connectivity index (χ2v) is 6.72. The molecule has 26 heavy (non-hydrogen) atoms. The molecule has 0 bridgehead atoms. The fourth-order valence-electron chi connectivity index (χ4n) is 2.16. The Balaban J connectivity index is 0.000000195. The highest BCUT2D eigenvalue weighted by molar-refractivity contribution is 5.31. The highest BCUT2D eigenvalue weighted by Gasteiger charge is 1.95. The smallest absolute Gasteiger partial charge is 0.115 e. The molecule has 0 saturated heterocycles. The summed E-state index contributed by atoms with van der Waals surface area (Å²) >= 11 is 0. The van der Waals surface area contributed by atoms with Gasteiger partial charge in [0.1, 0.15) is 6.33 Å². The van der Waals surface area contributed by atoms with Crippen LogP contribution in [-0.2, 0) is 7.05 Å². The minimum absolute atomic E-state index is 1.07. The highest BCUT2D eigenvalue weighted by Crippen LogP contribution is 2.10. The maximum absolute atomic E-state index is 4.03. The van der Waals surface area contributed by atoms with Crippen LogP contribution in [0.4, 0.5) is 0 Å². The Morgan fingerprint density at radius 3 is 1.46 bits per heavy atom. The second-order valence-electron chi connectivity index (χ2n) is 6.72. The lowest BCUT2D eigenvalue weighted by molar-refractivity contribution is 0.739. The summed E-state index contributed by atoms with van der Waals surface area (Å²) in [5.41, 5.74) is 10.0. The van der Waals surface area contributed by atoms with Gasteiger partial charge in [0, 0.05) is 24.1 Å². The van der Waals surface area contributed by atoms with Crippen LogP contribution in [0.2, 0.25) is 0 Å². The van der Waals surface area contributed by atoms with E-state index in [-0.39, 0.29) is 0 Å². The van der Waals surface area contributed by atoms with Crippen LogP contribution >= 0.6 is 0 Å². The summed E-state index contributed by atoms with van der Waals surface area (Å²) in [5, 5.41) is 4.03. The molecule has 4 nitrogen and oxygen atoms in total. The number of rotatable bonds is 0. The molecule has 140 valence electrons. The number of aryl methyl sites for hydroxylation is 6. The fourth-order valence-corrected chi connectivity index (χ4v) is 2.16. The summed E-state index contributed by atoms with van der Waals surface area (Å²) in [6.45, 7) is 16.6. The monoisotopic (exact) mass is 352 g/mol. The molecule has 0 radical (unpaired) electrons. The average Bonchev–Trinajstić information content (AvgIpc) is 2.90. The SMILES string of the molecule is Cc1cccc(C)c1C.Cc1cnn(C)c1C.Cc1ncnc(C)c1C. The average molecular weight is 353 g/mol. The van der Waals surface area contributed by atoms with Gasteiger partial charge in [0.15, 0.2) is 0 Å². The molecule has 0 unspecified atom stereocenters. The first-order valence-corrected chi connectivity index (χ1v) is 8.88. The van der Waals surface area contributed by atoms with Crippen LogP contribution in [0.1, 0.15) is 44.9 Å². The van der Waals surface area contributed by atoms with Gasteiger partial charge in [-0.15, -0.1) is 0 Å². The molecule has 0 fully saturated rings. The van der Waals surface area contributed by atoms with Gasteiger partial charge in [-0.3, -0.25) is 4.68 Å². The first-order chi connectivity index (χ1) is 12.1. The molecule has 2 heterocycles. The fraction of sp³-hybridized carbons (Fsp3) is 0.409. The van der Waals surface area contributed by atoms with Gasteiger partial charge in [-0.2, -0.15) is 5.10 Å². The molecule has 0 aliphatic rings. The topological polar surface area (TPSA) is 43.6 Å². The lowest BCUT2D eigenvalue weighted by Crippen LogP contribution is -1.92. The standard InChI is InChI=1S/C9H12.C7H10N2.C6H10N2/c1-7-5-4-6-8(2)9(7)3;1-5-6(2)8-4-9-7(5)3;1-5-4-7-8(3)6(5)2/h4-6H,1-3H3;4H,1-3H3;4H,1-3H3. The minimum Gasteiger partial charge on any atom is -0.273 e. The zero-order valence-corrected chi connectivity index (χ0v) is 17.7. The predicted octanol–water partition coefficient (Wildman–Crippen LogP) is 5.05. The zero-order valence-electron chi connectivity index (χ0n) is 17.7. The van der Waals surface area contributed by atoms with Crippen LogP contribution in [0.25, 0.3) is 0 Å². The predicted molar refractivity (Wildman–Crippen MR) is 110 cm³/mol. The van der Waals surface area contributed by atoms with E-state index in [2.05, 4.69) is 67.9 Å². The Hall–Kier alpha value is -2.49. The molecule has 3 aromatic rings. The Bertz CT molecular complexity index is 738. The summed E-state index contributed by atoms with van der Waals surface area (Å²) in [6, 6.07) is 6.38. The van der Waals surface area contributed by atoms with Gasteiger partial charge in [0.05, 0.1) is 6.20 Å². The number of hydrogen-bond donors (Lipinski definition) is 0. The molecule has 0 aliphatic carbocycles. The van der Waals surface area contributed by atoms with E-state index in [1.807, 2.05) is 38.7 Å². The highest BCUT2D eigenvalue weighted by atomic mass is 15.3. The maximum Gasteiger partial charge on any atom is 0.115 e. The van der Waals surface area contributed by atoms with Crippen molar-refractivity contribution in [3.8, 4) is 0 Å². The largest absolute Gasteiger partial charge is 0.273 e. The van der Waals surface area contributed by atoms with Crippen molar-refractivity contribution in [3.63, 3.8) is 0 Å². The van der Waals surface area contributed by atoms with E-state index in [1.54, 1.807) is 6.33 Å². The maximum atomic E-state index is 4.03. The van der Waals surface area contributed by atoms with E-state index < -0.39 is 0 Å². The molecule has 0 atom stereocenters. The molecule has 3 rings (SSSR count). The molecular formula is C22H32N4. The number of aromatic nitrogens is 4. The lowest BCUT2D eigenvalue weighted by Gasteiger charge is -2.00. The van der Waals surface area contributed by atoms with Gasteiger partial charge >= 0.3 is 0 Å². The van der Waals surface area contributed by atoms with Crippen molar-refractivity contribution >= 4 is 0 Å². The van der Waals surface area contributed by atoms with E-state index in [0.717, 1.165) is 11.4 Å². The normalized spacial score (nSPS) is 9.73. The molecular weight excluding hydrogens is 320 g/mol. The Kier molecular flexibility index (Phi) is 8.17. The van der Waals surface area contributed by atoms with Gasteiger partial charge in [-0.05, 0) is 83.2 Å². The van der Waals surface area contributed by atoms with Crippen LogP contribution in [0.5, 0.6) is 0 Å². The zero-order chi connectivity index (χ0) is 19.9. The van der Waals surface area contributed by atoms with Crippen molar-refractivity contribution < 1.29 is 0 Å². The van der Waals surface area contributed by atoms with Gasteiger partial charge in [0.25, 0.3) is 0 Å². The third-order valence-corrected chi connectivity index (χ3v) is 4.94. The van der Waals surface area contributed by atoms with Gasteiger partial charge < -0.3 is 0 Å². The summed E-state index contributed by atoms with van der Waals surface area (Å²) in [5.74, 6) is 0. The van der Waals surface area contributed by atoms with Crippen molar-refractivity contribution in [2.24, 2.45) is 7.05 Å². The Morgan fingerprint density at radius 1 is 0.692 bits per heavy atom. The number of benzene rings is 1. The van der Waals surface area contributed by atoms with E-state index in [0.29, 0.717) is 0 Å². The van der Waals surface area contributed by atoms with E-state index >= 15 is 0 Å². The minimum atomic E-state index is 1.07. The first-order valence-electron chi connectivity index (χ1n) is 8.88. The summed E-state index contributed by atoms with van der Waals surface area (Å²) < 4.78 is 1.87. The quantitative estimate of drug-likeness (QED) is 0.568. The summed E-state index contributed by atoms with van der Waals surface area (Å²) in [4.78, 5) is 8.06. The molecule has 0 aliphatic heterocycles. The van der Waals surface area contributed by atoms with Crippen molar-refractivity contribution in [1.82, 2.24) is 19.7 Å². The number of hydrogen-bond acceptors (Lipinski definition) is 3. The molecule has 0 spiro atoms. The van der Waals surface area contributed by atoms with E-state index in [4.69, 9.17) is 0 Å². The van der Waals surface area contributed by atoms with Crippen molar-refractivity contribution in [2.75, 3.05) is 0 Å². The van der Waals surface area contributed by atoms with Gasteiger partial charge in [-0.25, -0.2) is 9.97 Å². The second kappa shape index (κ2) is 9.85. The Morgan fingerprint density at radius 2 is 1.19 bits per heavy atom. The summed E-state index contributed by atoms with van der Waals surface area (Å²) in [7, 11) is 1.95. The molecule has 1 aromatic carbocycles. The van der Waals surface area contributed by atoms with Crippen molar-refractivity contribution in [3.05, 3.63) is 75.6 Å². The lowest BCUT2D eigenvalue weighted by atomic mass is 10.1. The first kappa shape index (κ1) is 21.6. The van der Waals surface area contributed by atoms with Crippen LogP contribution in [0.3, 0.4) is 0 Å². The van der Waals surface area contributed by atoms with Crippen LogP contribution in [0, 0.1) is 55.4 Å². The van der Waals surface area contributed by atoms with Crippen LogP contribution in [0.15, 0.2) is 30.7 Å². The van der Waals surface area contributed by atoms with Crippen molar-refractivity contribution in [2.45, 2.75) is 55.4 Å². The molecule has 2 aromatic heterocycles. The summed E-state index contributed by atoms with van der Waals surface area (Å²) in [6.07, 6.45) is 3.47. The molecule has 4 heteroatoms. The van der Waals surface area contributed by atoms with Crippen LogP contribution < -0.4 is 0 Å². The third-order valence-electron chi connectivity index (χ3n) is 4.94. The van der Waals surface area contributed by atoms with Crippen LogP contribution in [-0.4, -0.2) is 19.7 Å². The number of nitrogens with zero attached hydrogens (tertiary/aromatic N) is 4. The van der Waals surface area contributed by atoms with E-state index in [1.165, 1.54) is 33.5 Å². The Labute approximate surface area is 158 Å².